The van der Waals surface area contributed by atoms with Gasteiger partial charge in [0.05, 0.1) is 5.69 Å². The molecule has 0 aliphatic heterocycles. The molecular formula is C15H23N3O2S. The predicted molar refractivity (Wildman–Crippen MR) is 83.8 cm³/mol. The number of hydrogen-bond donors (Lipinski definition) is 2. The number of sulfonamides is 1. The van der Waals surface area contributed by atoms with Gasteiger partial charge in [-0.05, 0) is 43.7 Å². The molecule has 2 fully saturated rings. The molecule has 5 nitrogen and oxygen atoms in total. The van der Waals surface area contributed by atoms with Gasteiger partial charge in [-0.1, -0.05) is 12.1 Å². The van der Waals surface area contributed by atoms with Crippen LogP contribution in [-0.4, -0.2) is 34.1 Å². The molecule has 0 bridgehead atoms. The summed E-state index contributed by atoms with van der Waals surface area (Å²) >= 11 is 0. The van der Waals surface area contributed by atoms with Gasteiger partial charge in [-0.15, -0.1) is 0 Å². The monoisotopic (exact) mass is 309 g/mol. The fraction of sp³-hybridized carbons (Fsp3) is 0.600. The highest BCUT2D eigenvalue weighted by Crippen LogP contribution is 2.37. The van der Waals surface area contributed by atoms with E-state index in [1.54, 1.807) is 12.1 Å². The second-order valence-corrected chi connectivity index (χ2v) is 7.80. The average molecular weight is 309 g/mol. The Morgan fingerprint density at radius 3 is 2.52 bits per heavy atom. The molecule has 1 aromatic rings. The van der Waals surface area contributed by atoms with Gasteiger partial charge in [-0.25, -0.2) is 13.1 Å². The van der Waals surface area contributed by atoms with E-state index in [2.05, 4.69) is 4.72 Å². The molecule has 3 rings (SSSR count). The molecule has 2 saturated carbocycles. The molecule has 2 aliphatic carbocycles. The molecule has 0 amide bonds. The molecule has 116 valence electrons. The zero-order valence-electron chi connectivity index (χ0n) is 12.3. The van der Waals surface area contributed by atoms with Crippen molar-refractivity contribution in [3.8, 4) is 0 Å². The Morgan fingerprint density at radius 1 is 1.29 bits per heavy atom. The van der Waals surface area contributed by atoms with Crippen LogP contribution in [0.5, 0.6) is 0 Å². The highest BCUT2D eigenvalue weighted by atomic mass is 32.2. The minimum Gasteiger partial charge on any atom is -0.369 e. The largest absolute Gasteiger partial charge is 0.369 e. The van der Waals surface area contributed by atoms with Gasteiger partial charge in [-0.2, -0.15) is 0 Å². The quantitative estimate of drug-likeness (QED) is 0.796. The highest BCUT2D eigenvalue weighted by molar-refractivity contribution is 7.89. The number of nitrogens with zero attached hydrogens (tertiary/aromatic N) is 1. The first-order chi connectivity index (χ1) is 10.0. The summed E-state index contributed by atoms with van der Waals surface area (Å²) in [6, 6.07) is 7.52. The van der Waals surface area contributed by atoms with E-state index < -0.39 is 10.0 Å². The summed E-state index contributed by atoms with van der Waals surface area (Å²) in [6.07, 6.45) is 4.23. The first kappa shape index (κ1) is 14.8. The van der Waals surface area contributed by atoms with Crippen molar-refractivity contribution in [2.24, 2.45) is 11.7 Å². The molecule has 1 unspecified atom stereocenters. The Bertz CT molecular complexity index is 609. The summed E-state index contributed by atoms with van der Waals surface area (Å²) in [6.45, 7) is 0.547. The third kappa shape index (κ3) is 3.22. The zero-order valence-corrected chi connectivity index (χ0v) is 13.1. The Morgan fingerprint density at radius 2 is 1.95 bits per heavy atom. The van der Waals surface area contributed by atoms with Crippen LogP contribution in [0.2, 0.25) is 0 Å². The van der Waals surface area contributed by atoms with Gasteiger partial charge in [0.1, 0.15) is 4.90 Å². The SMILES string of the molecule is CN(c1ccccc1S(=O)(=O)NC1CC1)C(CN)C1CC1. The van der Waals surface area contributed by atoms with E-state index in [0.29, 0.717) is 17.4 Å². The molecule has 3 N–H and O–H groups in total. The maximum Gasteiger partial charge on any atom is 0.242 e. The fourth-order valence-electron chi connectivity index (χ4n) is 2.79. The van der Waals surface area contributed by atoms with Crippen LogP contribution in [0.3, 0.4) is 0 Å². The molecule has 1 atom stereocenters. The van der Waals surface area contributed by atoms with Gasteiger partial charge < -0.3 is 10.6 Å². The number of rotatable bonds is 7. The minimum absolute atomic E-state index is 0.113. The van der Waals surface area contributed by atoms with Crippen molar-refractivity contribution in [2.75, 3.05) is 18.5 Å². The summed E-state index contributed by atoms with van der Waals surface area (Å²) in [4.78, 5) is 2.40. The lowest BCUT2D eigenvalue weighted by Gasteiger charge is -2.30. The second kappa shape index (κ2) is 5.59. The number of hydrogen-bond acceptors (Lipinski definition) is 4. The van der Waals surface area contributed by atoms with Crippen LogP contribution >= 0.6 is 0 Å². The van der Waals surface area contributed by atoms with E-state index in [-0.39, 0.29) is 12.1 Å². The number of likely N-dealkylation sites (N-methyl/N-ethyl adjacent to an activating group) is 1. The standard InChI is InChI=1S/C15H23N3O2S/c1-18(14(10-16)11-6-7-11)13-4-2-3-5-15(13)21(19,20)17-12-8-9-12/h2-5,11-12,14,17H,6-10,16H2,1H3. The number of nitrogens with two attached hydrogens (primary N) is 1. The van der Waals surface area contributed by atoms with Gasteiger partial charge in [0.15, 0.2) is 0 Å². The Hall–Kier alpha value is -1.11. The van der Waals surface area contributed by atoms with E-state index in [1.165, 1.54) is 12.8 Å². The number of benzene rings is 1. The van der Waals surface area contributed by atoms with Crippen molar-refractivity contribution in [1.29, 1.82) is 0 Å². The summed E-state index contributed by atoms with van der Waals surface area (Å²) in [5, 5.41) is 0. The Balaban J connectivity index is 1.91. The zero-order chi connectivity index (χ0) is 15.0. The van der Waals surface area contributed by atoms with Gasteiger partial charge in [0, 0.05) is 25.7 Å². The van der Waals surface area contributed by atoms with E-state index >= 15 is 0 Å². The fourth-order valence-corrected chi connectivity index (χ4v) is 4.33. The average Bonchev–Trinajstić information content (AvgIpc) is 3.34. The van der Waals surface area contributed by atoms with E-state index in [1.807, 2.05) is 24.1 Å². The van der Waals surface area contributed by atoms with Crippen molar-refractivity contribution in [3.05, 3.63) is 24.3 Å². The minimum atomic E-state index is -3.45. The normalized spacial score (nSPS) is 20.3. The van der Waals surface area contributed by atoms with Crippen LogP contribution in [0, 0.1) is 5.92 Å². The Kier molecular flexibility index (Phi) is 3.94. The molecule has 21 heavy (non-hydrogen) atoms. The van der Waals surface area contributed by atoms with Crippen molar-refractivity contribution in [2.45, 2.75) is 42.7 Å². The van der Waals surface area contributed by atoms with Gasteiger partial charge in [-0.3, -0.25) is 0 Å². The van der Waals surface area contributed by atoms with Gasteiger partial charge >= 0.3 is 0 Å². The first-order valence-corrected chi connectivity index (χ1v) is 9.05. The molecule has 2 aliphatic rings. The maximum atomic E-state index is 12.5. The molecule has 0 saturated heterocycles. The van der Waals surface area contributed by atoms with E-state index in [9.17, 15) is 8.42 Å². The van der Waals surface area contributed by atoms with Crippen molar-refractivity contribution >= 4 is 15.7 Å². The van der Waals surface area contributed by atoms with E-state index in [4.69, 9.17) is 5.73 Å². The molecule has 0 radical (unpaired) electrons. The van der Waals surface area contributed by atoms with Crippen LogP contribution in [-0.2, 0) is 10.0 Å². The number of para-hydroxylation sites is 1. The molecule has 0 aromatic heterocycles. The van der Waals surface area contributed by atoms with E-state index in [0.717, 1.165) is 18.5 Å². The maximum absolute atomic E-state index is 12.5. The number of anilines is 1. The lowest BCUT2D eigenvalue weighted by molar-refractivity contribution is 0.561. The lowest BCUT2D eigenvalue weighted by atomic mass is 10.1. The third-order valence-electron chi connectivity index (χ3n) is 4.34. The van der Waals surface area contributed by atoms with Crippen LogP contribution in [0.1, 0.15) is 25.7 Å². The number of nitrogens with one attached hydrogen (secondary N) is 1. The molecule has 1 aromatic carbocycles. The van der Waals surface area contributed by atoms with Crippen LogP contribution in [0.25, 0.3) is 0 Å². The molecule has 6 heteroatoms. The first-order valence-electron chi connectivity index (χ1n) is 7.57. The van der Waals surface area contributed by atoms with Crippen molar-refractivity contribution in [3.63, 3.8) is 0 Å². The second-order valence-electron chi connectivity index (χ2n) is 6.11. The van der Waals surface area contributed by atoms with Crippen LogP contribution in [0.4, 0.5) is 5.69 Å². The smallest absolute Gasteiger partial charge is 0.242 e. The summed E-state index contributed by atoms with van der Waals surface area (Å²) in [7, 11) is -1.51. The van der Waals surface area contributed by atoms with Crippen molar-refractivity contribution < 1.29 is 8.42 Å². The third-order valence-corrected chi connectivity index (χ3v) is 5.91. The summed E-state index contributed by atoms with van der Waals surface area (Å²) in [5.41, 5.74) is 6.64. The lowest BCUT2D eigenvalue weighted by Crippen LogP contribution is -2.40. The van der Waals surface area contributed by atoms with Gasteiger partial charge in [0.25, 0.3) is 0 Å². The van der Waals surface area contributed by atoms with Crippen LogP contribution in [0.15, 0.2) is 29.2 Å². The Labute approximate surface area is 126 Å². The van der Waals surface area contributed by atoms with Gasteiger partial charge in [0.2, 0.25) is 10.0 Å². The molecule has 0 heterocycles. The predicted octanol–water partition coefficient (Wildman–Crippen LogP) is 1.30. The topological polar surface area (TPSA) is 75.4 Å². The molecule has 0 spiro atoms. The van der Waals surface area contributed by atoms with Crippen molar-refractivity contribution in [1.82, 2.24) is 4.72 Å². The highest BCUT2D eigenvalue weighted by Gasteiger charge is 2.35. The van der Waals surface area contributed by atoms with Crippen LogP contribution < -0.4 is 15.4 Å². The summed E-state index contributed by atoms with van der Waals surface area (Å²) < 4.78 is 27.8. The summed E-state index contributed by atoms with van der Waals surface area (Å²) in [5.74, 6) is 0.590. The molecular weight excluding hydrogens is 286 g/mol.